The number of Topliss-reactive ketones (excluding diaryl/α,β-unsaturated/α-hetero) is 1. The molecule has 2 rings (SSSR count). The first kappa shape index (κ1) is 14.4. The van der Waals surface area contributed by atoms with Crippen LogP contribution < -0.4 is 0 Å². The Morgan fingerprint density at radius 1 is 1.00 bits per heavy atom. The molecule has 96 valence electrons. The van der Waals surface area contributed by atoms with Gasteiger partial charge >= 0.3 is 0 Å². The van der Waals surface area contributed by atoms with Gasteiger partial charge in [-0.15, -0.1) is 0 Å². The first-order valence-corrected chi connectivity index (χ1v) is 6.73. The van der Waals surface area contributed by atoms with Crippen LogP contribution in [0.3, 0.4) is 0 Å². The van der Waals surface area contributed by atoms with Gasteiger partial charge in [0.2, 0.25) is 0 Å². The predicted octanol–water partition coefficient (Wildman–Crippen LogP) is 4.78. The van der Waals surface area contributed by atoms with E-state index in [2.05, 4.69) is 42.5 Å². The van der Waals surface area contributed by atoms with Gasteiger partial charge in [-0.1, -0.05) is 56.3 Å². The molecule has 0 saturated heterocycles. The fraction of sp³-hybridized carbons (Fsp3) is 0.353. The van der Waals surface area contributed by atoms with Crippen molar-refractivity contribution in [2.45, 2.75) is 40.0 Å². The summed E-state index contributed by atoms with van der Waals surface area (Å²) in [5.74, 6) is 0.279. The molecule has 0 heterocycles. The normalized spacial score (nSPS) is 9.72. The lowest BCUT2D eigenvalue weighted by atomic mass is 10.0. The van der Waals surface area contributed by atoms with E-state index in [1.807, 2.05) is 13.8 Å². The van der Waals surface area contributed by atoms with Crippen molar-refractivity contribution >= 4 is 16.6 Å². The molecule has 1 heteroatoms. The fourth-order valence-electron chi connectivity index (χ4n) is 1.94. The van der Waals surface area contributed by atoms with Crippen LogP contribution in [0.2, 0.25) is 0 Å². The van der Waals surface area contributed by atoms with Crippen molar-refractivity contribution in [2.24, 2.45) is 0 Å². The summed E-state index contributed by atoms with van der Waals surface area (Å²) in [6.07, 6.45) is 2.63. The number of aryl methyl sites for hydroxylation is 1. The minimum atomic E-state index is 0.279. The second-order valence-corrected chi connectivity index (χ2v) is 4.24. The van der Waals surface area contributed by atoms with Gasteiger partial charge in [-0.05, 0) is 36.1 Å². The van der Waals surface area contributed by atoms with Gasteiger partial charge in [0.05, 0.1) is 0 Å². The maximum Gasteiger partial charge on any atom is 0.129 e. The molecule has 2 aromatic rings. The van der Waals surface area contributed by atoms with Gasteiger partial charge in [-0.2, -0.15) is 0 Å². The van der Waals surface area contributed by atoms with Crippen LogP contribution in [0, 0.1) is 0 Å². The summed E-state index contributed by atoms with van der Waals surface area (Å²) < 4.78 is 0. The Labute approximate surface area is 110 Å². The fourth-order valence-corrected chi connectivity index (χ4v) is 1.94. The first-order valence-electron chi connectivity index (χ1n) is 6.73. The van der Waals surface area contributed by atoms with Gasteiger partial charge in [-0.25, -0.2) is 0 Å². The molecule has 0 bridgehead atoms. The topological polar surface area (TPSA) is 17.1 Å². The zero-order valence-corrected chi connectivity index (χ0v) is 11.6. The van der Waals surface area contributed by atoms with Crippen LogP contribution in [0.1, 0.15) is 39.2 Å². The Hall–Kier alpha value is -1.63. The first-order chi connectivity index (χ1) is 8.75. The molecule has 0 fully saturated rings. The largest absolute Gasteiger partial charge is 0.300 e. The molecule has 0 aliphatic carbocycles. The van der Waals surface area contributed by atoms with E-state index in [0.717, 1.165) is 12.8 Å². The van der Waals surface area contributed by atoms with Gasteiger partial charge in [-0.3, -0.25) is 0 Å². The minimum absolute atomic E-state index is 0.279. The minimum Gasteiger partial charge on any atom is -0.300 e. The third-order valence-electron chi connectivity index (χ3n) is 2.81. The lowest BCUT2D eigenvalue weighted by Gasteiger charge is -2.02. The van der Waals surface area contributed by atoms with Gasteiger partial charge in [0.15, 0.2) is 0 Å². The van der Waals surface area contributed by atoms with Crippen LogP contribution in [-0.2, 0) is 11.2 Å². The molecule has 1 nitrogen and oxygen atoms in total. The molecule has 0 N–H and O–H groups in total. The summed E-state index contributed by atoms with van der Waals surface area (Å²) in [5.41, 5.74) is 1.32. The molecule has 0 amide bonds. The Morgan fingerprint density at radius 3 is 2.33 bits per heavy atom. The molecule has 0 saturated carbocycles. The Morgan fingerprint density at radius 2 is 1.67 bits per heavy atom. The molecule has 0 atom stereocenters. The number of rotatable bonds is 4. The summed E-state index contributed by atoms with van der Waals surface area (Å²) >= 11 is 0. The molecule has 0 unspecified atom stereocenters. The van der Waals surface area contributed by atoms with Crippen LogP contribution in [-0.4, -0.2) is 5.78 Å². The van der Waals surface area contributed by atoms with Gasteiger partial charge in [0, 0.05) is 6.42 Å². The third-order valence-corrected chi connectivity index (χ3v) is 2.81. The van der Waals surface area contributed by atoms with E-state index in [9.17, 15) is 4.79 Å². The molecule has 0 radical (unpaired) electrons. The van der Waals surface area contributed by atoms with E-state index >= 15 is 0 Å². The van der Waals surface area contributed by atoms with Crippen molar-refractivity contribution in [2.75, 3.05) is 0 Å². The van der Waals surface area contributed by atoms with E-state index < -0.39 is 0 Å². The average Bonchev–Trinajstić information content (AvgIpc) is 2.40. The SMILES string of the molecule is CC.CC(=O)CCCc1ccc2ccccc2c1. The van der Waals surface area contributed by atoms with Crippen LogP contribution in [0.25, 0.3) is 10.8 Å². The second-order valence-electron chi connectivity index (χ2n) is 4.24. The number of carbonyl (C=O) groups excluding carboxylic acids is 1. The zero-order chi connectivity index (χ0) is 13.4. The predicted molar refractivity (Wildman–Crippen MR) is 78.9 cm³/mol. The molecule has 0 aliphatic heterocycles. The van der Waals surface area contributed by atoms with E-state index in [1.165, 1.54) is 16.3 Å². The van der Waals surface area contributed by atoms with E-state index in [4.69, 9.17) is 0 Å². The summed E-state index contributed by atoms with van der Waals surface area (Å²) in [4.78, 5) is 10.8. The van der Waals surface area contributed by atoms with Crippen molar-refractivity contribution in [3.8, 4) is 0 Å². The molecule has 2 aromatic carbocycles. The van der Waals surface area contributed by atoms with Crippen molar-refractivity contribution in [3.05, 3.63) is 48.0 Å². The number of hydrogen-bond acceptors (Lipinski definition) is 1. The van der Waals surface area contributed by atoms with Crippen molar-refractivity contribution in [3.63, 3.8) is 0 Å². The van der Waals surface area contributed by atoms with Gasteiger partial charge in [0.1, 0.15) is 5.78 Å². The quantitative estimate of drug-likeness (QED) is 0.754. The smallest absolute Gasteiger partial charge is 0.129 e. The summed E-state index contributed by atoms with van der Waals surface area (Å²) in [6.45, 7) is 5.65. The lowest BCUT2D eigenvalue weighted by Crippen LogP contribution is -1.92. The zero-order valence-electron chi connectivity index (χ0n) is 11.6. The highest BCUT2D eigenvalue weighted by Crippen LogP contribution is 2.16. The number of benzene rings is 2. The molecule has 0 spiro atoms. The maximum absolute atomic E-state index is 10.8. The molecule has 0 aromatic heterocycles. The Kier molecular flexibility index (Phi) is 6.13. The highest BCUT2D eigenvalue weighted by Gasteiger charge is 1.98. The van der Waals surface area contributed by atoms with Crippen LogP contribution in [0.4, 0.5) is 0 Å². The molecular formula is C17H22O. The molecular weight excluding hydrogens is 220 g/mol. The van der Waals surface area contributed by atoms with Crippen molar-refractivity contribution in [1.29, 1.82) is 0 Å². The van der Waals surface area contributed by atoms with E-state index in [1.54, 1.807) is 6.92 Å². The summed E-state index contributed by atoms with van der Waals surface area (Å²) in [7, 11) is 0. The second kappa shape index (κ2) is 7.65. The number of carbonyl (C=O) groups is 1. The standard InChI is InChI=1S/C15H16O.C2H6/c1-12(16)5-4-6-13-9-10-14-7-2-3-8-15(14)11-13;1-2/h2-3,7-11H,4-6H2,1H3;1-2H3. The van der Waals surface area contributed by atoms with Crippen LogP contribution >= 0.6 is 0 Å². The highest BCUT2D eigenvalue weighted by atomic mass is 16.1. The monoisotopic (exact) mass is 242 g/mol. The van der Waals surface area contributed by atoms with Crippen molar-refractivity contribution < 1.29 is 4.79 Å². The van der Waals surface area contributed by atoms with E-state index in [0.29, 0.717) is 6.42 Å². The maximum atomic E-state index is 10.8. The average molecular weight is 242 g/mol. The number of ketones is 1. The Bertz CT molecular complexity index is 500. The molecule has 18 heavy (non-hydrogen) atoms. The number of hydrogen-bond donors (Lipinski definition) is 0. The van der Waals surface area contributed by atoms with E-state index in [-0.39, 0.29) is 5.78 Å². The van der Waals surface area contributed by atoms with Crippen LogP contribution in [0.15, 0.2) is 42.5 Å². The van der Waals surface area contributed by atoms with Crippen molar-refractivity contribution in [1.82, 2.24) is 0 Å². The third kappa shape index (κ3) is 4.33. The Balaban J connectivity index is 0.000000771. The van der Waals surface area contributed by atoms with Gasteiger partial charge in [0.25, 0.3) is 0 Å². The lowest BCUT2D eigenvalue weighted by molar-refractivity contribution is -0.117. The summed E-state index contributed by atoms with van der Waals surface area (Å²) in [6, 6.07) is 14.9. The van der Waals surface area contributed by atoms with Crippen LogP contribution in [0.5, 0.6) is 0 Å². The molecule has 0 aliphatic rings. The highest BCUT2D eigenvalue weighted by molar-refractivity contribution is 5.83. The van der Waals surface area contributed by atoms with Gasteiger partial charge < -0.3 is 4.79 Å². The number of fused-ring (bicyclic) bond motifs is 1. The summed E-state index contributed by atoms with van der Waals surface area (Å²) in [5, 5.41) is 2.56.